The van der Waals surface area contributed by atoms with Crippen LogP contribution in [0.15, 0.2) is 11.6 Å². The molecule has 0 radical (unpaired) electrons. The van der Waals surface area contributed by atoms with Crippen molar-refractivity contribution in [2.75, 3.05) is 6.61 Å². The summed E-state index contributed by atoms with van der Waals surface area (Å²) < 4.78 is 6.20. The molecule has 0 rings (SSSR count). The Kier molecular flexibility index (Phi) is 9.74. The Bertz CT molecular complexity index is 270. The van der Waals surface area contributed by atoms with Crippen molar-refractivity contribution in [3.63, 3.8) is 0 Å². The summed E-state index contributed by atoms with van der Waals surface area (Å²) in [5, 5.41) is 0.345. The zero-order valence-corrected chi connectivity index (χ0v) is 16.1. The van der Waals surface area contributed by atoms with E-state index >= 15 is 0 Å². The Morgan fingerprint density at radius 2 is 1.40 bits per heavy atom. The highest BCUT2D eigenvalue weighted by atomic mass is 28.4. The van der Waals surface area contributed by atoms with E-state index in [1.54, 1.807) is 0 Å². The van der Waals surface area contributed by atoms with E-state index in [4.69, 9.17) is 4.43 Å². The van der Waals surface area contributed by atoms with Crippen LogP contribution in [0.2, 0.25) is 18.1 Å². The minimum atomic E-state index is -1.51. The zero-order valence-electron chi connectivity index (χ0n) is 15.1. The van der Waals surface area contributed by atoms with Crippen LogP contribution in [0.4, 0.5) is 0 Å². The monoisotopic (exact) mass is 298 g/mol. The van der Waals surface area contributed by atoms with Gasteiger partial charge in [-0.2, -0.15) is 0 Å². The predicted octanol–water partition coefficient (Wildman–Crippen LogP) is 6.71. The zero-order chi connectivity index (χ0) is 15.6. The van der Waals surface area contributed by atoms with Gasteiger partial charge in [0.15, 0.2) is 8.32 Å². The quantitative estimate of drug-likeness (QED) is 0.247. The maximum absolute atomic E-state index is 6.20. The lowest BCUT2D eigenvalue weighted by Crippen LogP contribution is -2.40. The molecule has 20 heavy (non-hydrogen) atoms. The van der Waals surface area contributed by atoms with Crippen LogP contribution in [-0.2, 0) is 4.43 Å². The summed E-state index contributed by atoms with van der Waals surface area (Å²) >= 11 is 0. The van der Waals surface area contributed by atoms with Crippen molar-refractivity contribution in [3.05, 3.63) is 11.6 Å². The number of hydrogen-bond acceptors (Lipinski definition) is 1. The molecule has 0 N–H and O–H groups in total. The van der Waals surface area contributed by atoms with Crippen molar-refractivity contribution in [2.24, 2.45) is 0 Å². The molecule has 2 heteroatoms. The van der Waals surface area contributed by atoms with E-state index < -0.39 is 8.32 Å². The summed E-state index contributed by atoms with van der Waals surface area (Å²) in [5.41, 5.74) is 1.45. The van der Waals surface area contributed by atoms with Crippen LogP contribution in [-0.4, -0.2) is 14.9 Å². The van der Waals surface area contributed by atoms with E-state index in [9.17, 15) is 0 Å². The molecule has 0 aromatic carbocycles. The molecule has 0 aliphatic heterocycles. The van der Waals surface area contributed by atoms with Crippen molar-refractivity contribution in [3.8, 4) is 0 Å². The lowest BCUT2D eigenvalue weighted by molar-refractivity contribution is 0.277. The number of unbranched alkanes of at least 4 members (excludes halogenated alkanes) is 6. The molecule has 0 fully saturated rings. The van der Waals surface area contributed by atoms with Gasteiger partial charge in [-0.3, -0.25) is 0 Å². The van der Waals surface area contributed by atoms with Crippen molar-refractivity contribution in [2.45, 2.75) is 97.7 Å². The molecule has 0 aromatic rings. The first-order chi connectivity index (χ1) is 9.17. The average molecular weight is 299 g/mol. The summed E-state index contributed by atoms with van der Waals surface area (Å²) in [6, 6.07) is 0. The van der Waals surface area contributed by atoms with E-state index in [2.05, 4.69) is 53.8 Å². The molecule has 0 saturated heterocycles. The van der Waals surface area contributed by atoms with Crippen molar-refractivity contribution < 1.29 is 4.43 Å². The van der Waals surface area contributed by atoms with Gasteiger partial charge in [-0.05, 0) is 51.2 Å². The molecule has 0 spiro atoms. The molecule has 0 unspecified atom stereocenters. The van der Waals surface area contributed by atoms with Crippen LogP contribution >= 0.6 is 0 Å². The summed E-state index contributed by atoms with van der Waals surface area (Å²) in [5.74, 6) is 0. The largest absolute Gasteiger partial charge is 0.417 e. The summed E-state index contributed by atoms with van der Waals surface area (Å²) in [6.45, 7) is 17.0. The van der Waals surface area contributed by atoms with E-state index in [0.29, 0.717) is 5.04 Å². The first-order valence-electron chi connectivity index (χ1n) is 8.44. The van der Waals surface area contributed by atoms with Crippen LogP contribution in [0.3, 0.4) is 0 Å². The highest BCUT2D eigenvalue weighted by molar-refractivity contribution is 6.74. The smallest absolute Gasteiger partial charge is 0.191 e. The van der Waals surface area contributed by atoms with E-state index in [1.165, 1.54) is 50.5 Å². The van der Waals surface area contributed by atoms with Gasteiger partial charge >= 0.3 is 0 Å². The van der Waals surface area contributed by atoms with Gasteiger partial charge in [0.2, 0.25) is 0 Å². The van der Waals surface area contributed by atoms with Crippen LogP contribution in [0.1, 0.15) is 79.6 Å². The molecule has 0 amide bonds. The topological polar surface area (TPSA) is 9.23 Å². The van der Waals surface area contributed by atoms with Gasteiger partial charge in [-0.25, -0.2) is 0 Å². The molecule has 0 heterocycles. The fourth-order valence-corrected chi connectivity index (χ4v) is 2.98. The maximum atomic E-state index is 6.20. The van der Waals surface area contributed by atoms with Crippen LogP contribution in [0.25, 0.3) is 0 Å². The van der Waals surface area contributed by atoms with Gasteiger partial charge in [0.1, 0.15) is 0 Å². The second-order valence-corrected chi connectivity index (χ2v) is 12.6. The lowest BCUT2D eigenvalue weighted by Gasteiger charge is -2.36. The minimum Gasteiger partial charge on any atom is -0.417 e. The molecule has 0 bridgehead atoms. The average Bonchev–Trinajstić information content (AvgIpc) is 2.29. The Hall–Kier alpha value is -0.0831. The second kappa shape index (κ2) is 9.78. The maximum Gasteiger partial charge on any atom is 0.191 e. The first kappa shape index (κ1) is 19.9. The lowest BCUT2D eigenvalue weighted by atomic mass is 10.1. The SMILES string of the molecule is CC(C)=CCCCCCCCCO[Si](C)(C)C(C)(C)C. The third kappa shape index (κ3) is 9.76. The van der Waals surface area contributed by atoms with Crippen LogP contribution < -0.4 is 0 Å². The Morgan fingerprint density at radius 3 is 1.90 bits per heavy atom. The van der Waals surface area contributed by atoms with Crippen LogP contribution in [0.5, 0.6) is 0 Å². The van der Waals surface area contributed by atoms with Gasteiger partial charge in [0, 0.05) is 6.61 Å². The third-order valence-corrected chi connectivity index (χ3v) is 8.96. The summed E-state index contributed by atoms with van der Waals surface area (Å²) in [6.07, 6.45) is 11.7. The van der Waals surface area contributed by atoms with Crippen molar-refractivity contribution in [1.82, 2.24) is 0 Å². The fourth-order valence-electron chi connectivity index (χ4n) is 1.89. The number of allylic oxidation sites excluding steroid dienone is 2. The highest BCUT2D eigenvalue weighted by Gasteiger charge is 2.36. The van der Waals surface area contributed by atoms with E-state index in [1.807, 2.05) is 0 Å². The van der Waals surface area contributed by atoms with Gasteiger partial charge in [-0.15, -0.1) is 0 Å². The van der Waals surface area contributed by atoms with Gasteiger partial charge in [0.05, 0.1) is 0 Å². The fraction of sp³-hybridized carbons (Fsp3) is 0.889. The molecule has 0 atom stereocenters. The third-order valence-electron chi connectivity index (χ3n) is 4.42. The normalized spacial score (nSPS) is 12.6. The standard InChI is InChI=1S/C18H38OSi/c1-17(2)15-13-11-9-8-10-12-14-16-19-20(6,7)18(3,4)5/h15H,8-14,16H2,1-7H3. The Balaban J connectivity index is 3.44. The predicted molar refractivity (Wildman–Crippen MR) is 94.9 cm³/mol. The van der Waals surface area contributed by atoms with Crippen LogP contribution in [0, 0.1) is 0 Å². The molecule has 120 valence electrons. The molecule has 0 aromatic heterocycles. The molecule has 0 saturated carbocycles. The molecular formula is C18H38OSi. The summed E-state index contributed by atoms with van der Waals surface area (Å²) in [4.78, 5) is 0. The van der Waals surface area contributed by atoms with E-state index in [-0.39, 0.29) is 0 Å². The Morgan fingerprint density at radius 1 is 0.900 bits per heavy atom. The molecule has 1 nitrogen and oxygen atoms in total. The summed E-state index contributed by atoms with van der Waals surface area (Å²) in [7, 11) is -1.51. The van der Waals surface area contributed by atoms with Crippen molar-refractivity contribution >= 4 is 8.32 Å². The van der Waals surface area contributed by atoms with Gasteiger partial charge in [0.25, 0.3) is 0 Å². The molecule has 0 aliphatic rings. The Labute approximate surface area is 129 Å². The van der Waals surface area contributed by atoms with Crippen molar-refractivity contribution in [1.29, 1.82) is 0 Å². The minimum absolute atomic E-state index is 0.345. The molecule has 0 aliphatic carbocycles. The number of hydrogen-bond donors (Lipinski definition) is 0. The number of rotatable bonds is 10. The first-order valence-corrected chi connectivity index (χ1v) is 11.3. The van der Waals surface area contributed by atoms with Gasteiger partial charge < -0.3 is 4.43 Å². The molecular weight excluding hydrogens is 260 g/mol. The second-order valence-electron chi connectivity index (χ2n) is 7.80. The van der Waals surface area contributed by atoms with E-state index in [0.717, 1.165) is 6.61 Å². The van der Waals surface area contributed by atoms with Gasteiger partial charge in [-0.1, -0.05) is 58.1 Å². The highest BCUT2D eigenvalue weighted by Crippen LogP contribution is 2.36.